The Morgan fingerprint density at radius 1 is 0.891 bits per heavy atom. The molecule has 1 aliphatic heterocycles. The van der Waals surface area contributed by atoms with Crippen molar-refractivity contribution in [3.8, 4) is 5.75 Å². The van der Waals surface area contributed by atoms with Crippen LogP contribution in [0, 0.1) is 0 Å². The first-order valence-corrected chi connectivity index (χ1v) is 15.1. The van der Waals surface area contributed by atoms with E-state index in [4.69, 9.17) is 4.74 Å². The fourth-order valence-electron chi connectivity index (χ4n) is 5.21. The van der Waals surface area contributed by atoms with Gasteiger partial charge in [-0.1, -0.05) is 18.2 Å². The third-order valence-corrected chi connectivity index (χ3v) is 7.87. The minimum absolute atomic E-state index is 0.231. The van der Waals surface area contributed by atoms with Crippen molar-refractivity contribution in [2.45, 2.75) is 18.9 Å². The molecule has 4 heterocycles. The second-order valence-corrected chi connectivity index (χ2v) is 11.3. The molecule has 0 bridgehead atoms. The molecular weight excluding hydrogens is 586 g/mol. The smallest absolute Gasteiger partial charge is 0.272 e. The summed E-state index contributed by atoms with van der Waals surface area (Å²) in [5.74, 6) is -0.194. The van der Waals surface area contributed by atoms with E-state index >= 15 is 0 Å². The number of anilines is 2. The summed E-state index contributed by atoms with van der Waals surface area (Å²) in [4.78, 5) is 45.3. The molecule has 0 unspecified atom stereocenters. The summed E-state index contributed by atoms with van der Waals surface area (Å²) in [6.45, 7) is 2.83. The summed E-state index contributed by atoms with van der Waals surface area (Å²) in [5, 5.41) is 18.2. The molecule has 5 rings (SSSR count). The van der Waals surface area contributed by atoms with Crippen LogP contribution in [0.2, 0.25) is 0 Å². The number of nitrogens with zero attached hydrogens (tertiary/aromatic N) is 4. The Balaban J connectivity index is 1.13. The zero-order valence-corrected chi connectivity index (χ0v) is 26.2. The van der Waals surface area contributed by atoms with Crippen LogP contribution in [0.4, 0.5) is 11.4 Å². The average molecular weight is 626 g/mol. The molecule has 1 aromatic carbocycles. The highest BCUT2D eigenvalue weighted by atomic mass is 16.5. The Hall–Kier alpha value is -5.20. The number of nitrogens with one attached hydrogen (secondary N) is 3. The Labute approximate surface area is 267 Å². The molecule has 0 radical (unpaired) electrons. The molecule has 240 valence electrons. The molecule has 0 aliphatic carbocycles. The SMILES string of the molecule is COc1ccc(/C=C/c2ccc(C(=O)Nc3cc(C(=O)Nc4cc(C(=O)NCCN5CCC(O)CC5)n(C)c4)n(C)c3)cn2)cc1. The predicted octanol–water partition coefficient (Wildman–Crippen LogP) is 3.63. The van der Waals surface area contributed by atoms with Gasteiger partial charge in [-0.3, -0.25) is 19.4 Å². The van der Waals surface area contributed by atoms with Gasteiger partial charge in [0.25, 0.3) is 17.7 Å². The number of rotatable bonds is 11. The predicted molar refractivity (Wildman–Crippen MR) is 177 cm³/mol. The van der Waals surface area contributed by atoms with Crippen molar-refractivity contribution >= 4 is 41.2 Å². The Bertz CT molecular complexity index is 1700. The Kier molecular flexibility index (Phi) is 10.3. The van der Waals surface area contributed by atoms with E-state index < -0.39 is 0 Å². The van der Waals surface area contributed by atoms with Crippen molar-refractivity contribution < 1.29 is 24.2 Å². The zero-order chi connectivity index (χ0) is 32.6. The largest absolute Gasteiger partial charge is 0.497 e. The molecule has 3 aromatic heterocycles. The number of amides is 3. The number of aryl methyl sites for hydroxylation is 2. The van der Waals surface area contributed by atoms with Gasteiger partial charge in [0.1, 0.15) is 17.1 Å². The molecular formula is C34H39N7O5. The maximum atomic E-state index is 13.1. The first-order valence-electron chi connectivity index (χ1n) is 15.1. The molecule has 1 fully saturated rings. The molecule has 4 N–H and O–H groups in total. The van der Waals surface area contributed by atoms with Crippen molar-refractivity contribution in [3.63, 3.8) is 0 Å². The highest BCUT2D eigenvalue weighted by Gasteiger charge is 2.19. The summed E-state index contributed by atoms with van der Waals surface area (Å²) in [6.07, 6.45) is 9.88. The van der Waals surface area contributed by atoms with Crippen LogP contribution < -0.4 is 20.7 Å². The zero-order valence-electron chi connectivity index (χ0n) is 26.2. The highest BCUT2D eigenvalue weighted by molar-refractivity contribution is 6.07. The fraction of sp³-hybridized carbons (Fsp3) is 0.294. The van der Waals surface area contributed by atoms with E-state index in [1.165, 1.54) is 6.20 Å². The summed E-state index contributed by atoms with van der Waals surface area (Å²) < 4.78 is 8.45. The second-order valence-electron chi connectivity index (χ2n) is 11.3. The maximum absolute atomic E-state index is 13.1. The van der Waals surface area contributed by atoms with Crippen LogP contribution in [0.1, 0.15) is 55.4 Å². The topological polar surface area (TPSA) is 143 Å². The van der Waals surface area contributed by atoms with Crippen LogP contribution in [0.25, 0.3) is 12.2 Å². The number of aromatic nitrogens is 3. The van der Waals surface area contributed by atoms with Gasteiger partial charge >= 0.3 is 0 Å². The standard InChI is InChI=1S/C34H39N7O5/c1-39-22-27(18-30(39)33(44)35-14-17-41-15-12-28(42)13-16-41)38-34(45)31-19-26(21-40(31)2)37-32(43)24-7-9-25(36-20-24)8-4-23-5-10-29(46-3)11-6-23/h4-11,18-22,28,42H,12-17H2,1-3H3,(H,35,44)(H,37,43)(H,38,45)/b8-4+. The Morgan fingerprint density at radius 2 is 1.52 bits per heavy atom. The molecule has 1 saturated heterocycles. The monoisotopic (exact) mass is 625 g/mol. The van der Waals surface area contributed by atoms with Crippen LogP contribution >= 0.6 is 0 Å². The molecule has 0 atom stereocenters. The lowest BCUT2D eigenvalue weighted by Crippen LogP contribution is -2.41. The van der Waals surface area contributed by atoms with Gasteiger partial charge in [-0.2, -0.15) is 0 Å². The van der Waals surface area contributed by atoms with Gasteiger partial charge in [0.05, 0.1) is 35.8 Å². The number of carbonyl (C=O) groups is 3. The molecule has 3 amide bonds. The van der Waals surface area contributed by atoms with Crippen LogP contribution in [0.3, 0.4) is 0 Å². The van der Waals surface area contributed by atoms with Gasteiger partial charge in [-0.05, 0) is 60.9 Å². The van der Waals surface area contributed by atoms with Gasteiger partial charge in [-0.15, -0.1) is 0 Å². The first kappa shape index (κ1) is 32.2. The molecule has 0 saturated carbocycles. The Morgan fingerprint density at radius 3 is 2.13 bits per heavy atom. The lowest BCUT2D eigenvalue weighted by Gasteiger charge is -2.29. The number of likely N-dealkylation sites (tertiary alicyclic amines) is 1. The third kappa shape index (κ3) is 8.29. The fourth-order valence-corrected chi connectivity index (χ4v) is 5.21. The summed E-state index contributed by atoms with van der Waals surface area (Å²) in [7, 11) is 5.08. The number of hydrogen-bond acceptors (Lipinski definition) is 7. The van der Waals surface area contributed by atoms with Crippen LogP contribution in [0.5, 0.6) is 5.75 Å². The molecule has 12 nitrogen and oxygen atoms in total. The summed E-state index contributed by atoms with van der Waals surface area (Å²) in [5.41, 5.74) is 3.74. The van der Waals surface area contributed by atoms with Crippen molar-refractivity contribution in [2.75, 3.05) is 43.9 Å². The highest BCUT2D eigenvalue weighted by Crippen LogP contribution is 2.19. The van der Waals surface area contributed by atoms with E-state index in [-0.39, 0.29) is 23.8 Å². The van der Waals surface area contributed by atoms with E-state index in [2.05, 4.69) is 25.8 Å². The first-order chi connectivity index (χ1) is 22.2. The number of aliphatic hydroxyl groups excluding tert-OH is 1. The molecule has 12 heteroatoms. The quantitative estimate of drug-likeness (QED) is 0.199. The summed E-state index contributed by atoms with van der Waals surface area (Å²) >= 11 is 0. The number of ether oxygens (including phenoxy) is 1. The van der Waals surface area contributed by atoms with Crippen molar-refractivity contribution in [3.05, 3.63) is 95.3 Å². The average Bonchev–Trinajstić information content (AvgIpc) is 3.62. The third-order valence-electron chi connectivity index (χ3n) is 7.87. The molecule has 46 heavy (non-hydrogen) atoms. The van der Waals surface area contributed by atoms with Crippen LogP contribution in [-0.2, 0) is 14.1 Å². The van der Waals surface area contributed by atoms with E-state index in [0.29, 0.717) is 47.1 Å². The number of piperidine rings is 1. The molecule has 1 aliphatic rings. The van der Waals surface area contributed by atoms with Crippen LogP contribution in [0.15, 0.2) is 67.1 Å². The van der Waals surface area contributed by atoms with E-state index in [0.717, 1.165) is 37.2 Å². The lowest BCUT2D eigenvalue weighted by molar-refractivity contribution is 0.0802. The van der Waals surface area contributed by atoms with Crippen molar-refractivity contribution in [1.29, 1.82) is 0 Å². The minimum atomic E-state index is -0.387. The second kappa shape index (κ2) is 14.7. The van der Waals surface area contributed by atoms with Crippen LogP contribution in [-0.4, -0.2) is 81.2 Å². The minimum Gasteiger partial charge on any atom is -0.497 e. The van der Waals surface area contributed by atoms with E-state index in [9.17, 15) is 19.5 Å². The van der Waals surface area contributed by atoms with Gasteiger partial charge in [0.15, 0.2) is 0 Å². The molecule has 4 aromatic rings. The summed E-state index contributed by atoms with van der Waals surface area (Å²) in [6, 6.07) is 14.3. The van der Waals surface area contributed by atoms with Gasteiger partial charge < -0.3 is 39.8 Å². The van der Waals surface area contributed by atoms with E-state index in [1.807, 2.05) is 36.4 Å². The number of pyridine rings is 1. The van der Waals surface area contributed by atoms with Gasteiger partial charge in [0.2, 0.25) is 0 Å². The van der Waals surface area contributed by atoms with E-state index in [1.54, 1.807) is 67.0 Å². The number of aliphatic hydroxyl groups is 1. The number of methoxy groups -OCH3 is 1. The number of benzene rings is 1. The molecule has 0 spiro atoms. The van der Waals surface area contributed by atoms with Crippen molar-refractivity contribution in [1.82, 2.24) is 24.3 Å². The lowest BCUT2D eigenvalue weighted by atomic mass is 10.1. The maximum Gasteiger partial charge on any atom is 0.272 e. The van der Waals surface area contributed by atoms with Gasteiger partial charge in [0, 0.05) is 58.9 Å². The van der Waals surface area contributed by atoms with Crippen molar-refractivity contribution in [2.24, 2.45) is 14.1 Å². The normalized spacial score (nSPS) is 13.9. The van der Waals surface area contributed by atoms with Gasteiger partial charge in [-0.25, -0.2) is 0 Å². The number of carbonyl (C=O) groups excluding carboxylic acids is 3. The number of hydrogen-bond donors (Lipinski definition) is 4.